The number of nitrogens with zero attached hydrogens (tertiary/aromatic N) is 3. The minimum atomic E-state index is 0.115. The van der Waals surface area contributed by atoms with Crippen LogP contribution in [0, 0.1) is 0 Å². The van der Waals surface area contributed by atoms with Gasteiger partial charge in [0, 0.05) is 42.6 Å². The Morgan fingerprint density at radius 1 is 1.27 bits per heavy atom. The van der Waals surface area contributed by atoms with Crippen molar-refractivity contribution in [2.75, 3.05) is 18.8 Å². The van der Waals surface area contributed by atoms with Gasteiger partial charge < -0.3 is 9.88 Å². The van der Waals surface area contributed by atoms with E-state index >= 15 is 0 Å². The highest BCUT2D eigenvalue weighted by atomic mass is 32.2. The molecule has 0 bridgehead atoms. The predicted molar refractivity (Wildman–Crippen MR) is 105 cm³/mol. The number of aromatic amines is 1. The van der Waals surface area contributed by atoms with E-state index in [-0.39, 0.29) is 5.91 Å². The van der Waals surface area contributed by atoms with Crippen LogP contribution < -0.4 is 0 Å². The smallest absolute Gasteiger partial charge is 0.254 e. The summed E-state index contributed by atoms with van der Waals surface area (Å²) in [6, 6.07) is 7.83. The fourth-order valence-corrected chi connectivity index (χ4v) is 4.30. The zero-order valence-electron chi connectivity index (χ0n) is 14.8. The number of piperidine rings is 1. The van der Waals surface area contributed by atoms with E-state index < -0.39 is 0 Å². The van der Waals surface area contributed by atoms with Gasteiger partial charge in [0.05, 0.1) is 5.03 Å². The van der Waals surface area contributed by atoms with Crippen molar-refractivity contribution in [1.82, 2.24) is 19.9 Å². The van der Waals surface area contributed by atoms with Crippen LogP contribution >= 0.6 is 11.8 Å². The summed E-state index contributed by atoms with van der Waals surface area (Å²) >= 11 is 1.66. The third-order valence-corrected chi connectivity index (χ3v) is 5.79. The Kier molecular flexibility index (Phi) is 4.93. The van der Waals surface area contributed by atoms with E-state index in [0.29, 0.717) is 5.92 Å². The van der Waals surface area contributed by atoms with Crippen LogP contribution in [0.15, 0.2) is 47.9 Å². The van der Waals surface area contributed by atoms with Crippen LogP contribution in [-0.4, -0.2) is 44.6 Å². The molecule has 0 unspecified atom stereocenters. The van der Waals surface area contributed by atoms with Gasteiger partial charge >= 0.3 is 0 Å². The molecule has 134 valence electrons. The Labute approximate surface area is 157 Å². The first-order valence-corrected chi connectivity index (χ1v) is 10.0. The molecule has 26 heavy (non-hydrogen) atoms. The second-order valence-corrected chi connectivity index (χ2v) is 7.81. The Bertz CT molecular complexity index is 915. The number of thioether (sulfide) groups is 1. The normalized spacial score (nSPS) is 15.5. The second-order valence-electron chi connectivity index (χ2n) is 6.53. The van der Waals surface area contributed by atoms with Gasteiger partial charge in [-0.25, -0.2) is 9.97 Å². The zero-order chi connectivity index (χ0) is 17.9. The van der Waals surface area contributed by atoms with E-state index in [1.54, 1.807) is 18.0 Å². The van der Waals surface area contributed by atoms with E-state index in [4.69, 9.17) is 0 Å². The van der Waals surface area contributed by atoms with Crippen molar-refractivity contribution in [3.05, 3.63) is 54.0 Å². The van der Waals surface area contributed by atoms with Crippen LogP contribution in [-0.2, 0) is 0 Å². The number of rotatable bonds is 4. The number of fused-ring (bicyclic) bond motifs is 1. The molecule has 1 amide bonds. The van der Waals surface area contributed by atoms with E-state index in [0.717, 1.165) is 47.9 Å². The summed E-state index contributed by atoms with van der Waals surface area (Å²) in [6.45, 7) is 3.66. The molecule has 0 aliphatic carbocycles. The first-order valence-electron chi connectivity index (χ1n) is 9.06. The molecule has 1 fully saturated rings. The van der Waals surface area contributed by atoms with Crippen molar-refractivity contribution in [2.45, 2.75) is 30.7 Å². The number of nitrogens with one attached hydrogen (secondary N) is 1. The largest absolute Gasteiger partial charge is 0.346 e. The number of pyridine rings is 2. The van der Waals surface area contributed by atoms with Gasteiger partial charge in [0.1, 0.15) is 5.65 Å². The summed E-state index contributed by atoms with van der Waals surface area (Å²) in [5.74, 6) is 1.54. The lowest BCUT2D eigenvalue weighted by Gasteiger charge is -2.32. The Hall–Kier alpha value is -2.34. The summed E-state index contributed by atoms with van der Waals surface area (Å²) in [7, 11) is 0. The van der Waals surface area contributed by atoms with Gasteiger partial charge in [0.25, 0.3) is 5.91 Å². The Balaban J connectivity index is 1.45. The molecule has 0 spiro atoms. The molecular weight excluding hydrogens is 344 g/mol. The van der Waals surface area contributed by atoms with Crippen molar-refractivity contribution in [3.63, 3.8) is 0 Å². The maximum absolute atomic E-state index is 12.8. The Morgan fingerprint density at radius 2 is 2.12 bits per heavy atom. The highest BCUT2D eigenvalue weighted by molar-refractivity contribution is 7.99. The van der Waals surface area contributed by atoms with Gasteiger partial charge in [-0.05, 0) is 54.3 Å². The van der Waals surface area contributed by atoms with E-state index in [1.165, 1.54) is 10.9 Å². The number of likely N-dealkylation sites (tertiary alicyclic amines) is 1. The van der Waals surface area contributed by atoms with E-state index in [9.17, 15) is 4.79 Å². The van der Waals surface area contributed by atoms with Crippen LogP contribution in [0.4, 0.5) is 0 Å². The fourth-order valence-electron chi connectivity index (χ4n) is 3.66. The summed E-state index contributed by atoms with van der Waals surface area (Å²) in [6.07, 6.45) is 7.59. The van der Waals surface area contributed by atoms with Gasteiger partial charge in [-0.15, -0.1) is 11.8 Å². The molecule has 1 N–H and O–H groups in total. The molecule has 5 nitrogen and oxygen atoms in total. The van der Waals surface area contributed by atoms with Gasteiger partial charge in [-0.3, -0.25) is 4.79 Å². The average molecular weight is 366 g/mol. The first-order chi connectivity index (χ1) is 12.8. The molecule has 0 aromatic carbocycles. The number of hydrogen-bond donors (Lipinski definition) is 1. The first kappa shape index (κ1) is 17.1. The molecule has 3 aromatic heterocycles. The number of carbonyl (C=O) groups excluding carboxylic acids is 1. The van der Waals surface area contributed by atoms with Crippen molar-refractivity contribution < 1.29 is 4.79 Å². The van der Waals surface area contributed by atoms with Gasteiger partial charge in [0.15, 0.2) is 0 Å². The molecule has 0 saturated carbocycles. The molecule has 1 aliphatic heterocycles. The number of amides is 1. The molecule has 4 heterocycles. The van der Waals surface area contributed by atoms with Crippen molar-refractivity contribution in [2.24, 2.45) is 0 Å². The Morgan fingerprint density at radius 3 is 2.92 bits per heavy atom. The summed E-state index contributed by atoms with van der Waals surface area (Å²) in [5.41, 5.74) is 3.01. The minimum absolute atomic E-state index is 0.115. The van der Waals surface area contributed by atoms with Crippen LogP contribution in [0.3, 0.4) is 0 Å². The number of H-pyrrole nitrogens is 1. The lowest BCUT2D eigenvalue weighted by Crippen LogP contribution is -2.37. The highest BCUT2D eigenvalue weighted by Gasteiger charge is 2.26. The maximum Gasteiger partial charge on any atom is 0.254 e. The van der Waals surface area contributed by atoms with Crippen LogP contribution in [0.1, 0.15) is 41.6 Å². The van der Waals surface area contributed by atoms with Crippen LogP contribution in [0.2, 0.25) is 0 Å². The quantitative estimate of drug-likeness (QED) is 0.707. The molecule has 4 rings (SSSR count). The van der Waals surface area contributed by atoms with Crippen molar-refractivity contribution in [3.8, 4) is 0 Å². The molecule has 3 aromatic rings. The van der Waals surface area contributed by atoms with Gasteiger partial charge in [-0.1, -0.05) is 6.92 Å². The molecule has 1 saturated heterocycles. The molecule has 1 aliphatic rings. The molecule has 6 heteroatoms. The van der Waals surface area contributed by atoms with Crippen molar-refractivity contribution >= 4 is 28.7 Å². The number of hydrogen-bond acceptors (Lipinski definition) is 4. The average Bonchev–Trinajstić information content (AvgIpc) is 3.12. The lowest BCUT2D eigenvalue weighted by molar-refractivity contribution is 0.0713. The predicted octanol–water partition coefficient (Wildman–Crippen LogP) is 4.09. The zero-order valence-corrected chi connectivity index (χ0v) is 15.6. The summed E-state index contributed by atoms with van der Waals surface area (Å²) in [4.78, 5) is 26.8. The standard InChI is InChI=1S/C20H22N4OS/c1-2-26-18-12-15(5-9-21-18)20(25)24-10-6-14(7-11-24)17-13-23-19-16(17)4-3-8-22-19/h3-5,8-9,12-14H,2,6-7,10-11H2,1H3,(H,22,23). The summed E-state index contributed by atoms with van der Waals surface area (Å²) in [5, 5.41) is 2.12. The fraction of sp³-hybridized carbons (Fsp3) is 0.350. The number of aromatic nitrogens is 3. The summed E-state index contributed by atoms with van der Waals surface area (Å²) < 4.78 is 0. The highest BCUT2D eigenvalue weighted by Crippen LogP contribution is 2.33. The molecular formula is C20H22N4OS. The molecule has 0 radical (unpaired) electrons. The van der Waals surface area contributed by atoms with E-state index in [2.05, 4.69) is 34.1 Å². The van der Waals surface area contributed by atoms with Crippen LogP contribution in [0.5, 0.6) is 0 Å². The second kappa shape index (κ2) is 7.50. The van der Waals surface area contributed by atoms with Gasteiger partial charge in [-0.2, -0.15) is 0 Å². The third kappa shape index (κ3) is 3.33. The monoisotopic (exact) mass is 366 g/mol. The minimum Gasteiger partial charge on any atom is -0.346 e. The van der Waals surface area contributed by atoms with Crippen LogP contribution in [0.25, 0.3) is 11.0 Å². The number of carbonyl (C=O) groups is 1. The third-order valence-electron chi connectivity index (χ3n) is 4.98. The van der Waals surface area contributed by atoms with Gasteiger partial charge in [0.2, 0.25) is 0 Å². The topological polar surface area (TPSA) is 61.9 Å². The SMILES string of the molecule is CCSc1cc(C(=O)N2CCC(c3c[nH]c4ncccc34)CC2)ccn1. The maximum atomic E-state index is 12.8. The van der Waals surface area contributed by atoms with Crippen molar-refractivity contribution in [1.29, 1.82) is 0 Å². The lowest BCUT2D eigenvalue weighted by atomic mass is 9.89. The van der Waals surface area contributed by atoms with E-state index in [1.807, 2.05) is 29.3 Å². The molecule has 0 atom stereocenters.